The lowest BCUT2D eigenvalue weighted by molar-refractivity contribution is 0.281. The number of anilines is 1. The summed E-state index contributed by atoms with van der Waals surface area (Å²) in [7, 11) is 0. The molecular formula is C12H19N5O2. The number of aryl methyl sites for hydroxylation is 1. The van der Waals surface area contributed by atoms with Crippen LogP contribution in [0, 0.1) is 0 Å². The quantitative estimate of drug-likeness (QED) is 0.724. The van der Waals surface area contributed by atoms with Crippen molar-refractivity contribution in [1.29, 1.82) is 0 Å². The first kappa shape index (κ1) is 13.5. The number of rotatable bonds is 7. The molecule has 2 aromatic rings. The van der Waals surface area contributed by atoms with Crippen LogP contribution in [-0.2, 0) is 6.54 Å². The fourth-order valence-corrected chi connectivity index (χ4v) is 1.76. The number of hydrogen-bond acceptors (Lipinski definition) is 6. The number of hydrogen-bond donors (Lipinski definition) is 2. The molecule has 2 heterocycles. The number of ether oxygens (including phenoxy) is 1. The molecule has 0 aliphatic rings. The monoisotopic (exact) mass is 265 g/mol. The number of unbranched alkanes of at least 4 members (excludes halogenated alkanes) is 1. The number of aliphatic hydroxyl groups excluding tert-OH is 1. The van der Waals surface area contributed by atoms with E-state index in [0.29, 0.717) is 23.6 Å². The van der Waals surface area contributed by atoms with Gasteiger partial charge in [0.25, 0.3) is 0 Å². The molecule has 0 fully saturated rings. The van der Waals surface area contributed by atoms with Crippen molar-refractivity contribution in [2.75, 3.05) is 18.9 Å². The van der Waals surface area contributed by atoms with Crippen LogP contribution in [0.25, 0.3) is 11.2 Å². The zero-order valence-electron chi connectivity index (χ0n) is 11.0. The van der Waals surface area contributed by atoms with E-state index in [4.69, 9.17) is 15.6 Å². The van der Waals surface area contributed by atoms with Gasteiger partial charge in [-0.25, -0.2) is 4.98 Å². The van der Waals surface area contributed by atoms with E-state index in [9.17, 15) is 0 Å². The van der Waals surface area contributed by atoms with Crippen molar-refractivity contribution in [3.63, 3.8) is 0 Å². The topological polar surface area (TPSA) is 99.1 Å². The minimum atomic E-state index is 0.189. The molecule has 0 saturated heterocycles. The zero-order chi connectivity index (χ0) is 13.7. The number of aliphatic hydroxyl groups is 1. The summed E-state index contributed by atoms with van der Waals surface area (Å²) in [6, 6.07) is 0.288. The highest BCUT2D eigenvalue weighted by atomic mass is 16.5. The molecule has 0 amide bonds. The van der Waals surface area contributed by atoms with E-state index in [2.05, 4.69) is 15.0 Å². The minimum absolute atomic E-state index is 0.189. The molecule has 104 valence electrons. The maximum Gasteiger partial charge on any atom is 0.320 e. The third-order valence-electron chi connectivity index (χ3n) is 2.71. The molecule has 2 rings (SSSR count). The molecule has 2 aromatic heterocycles. The molecule has 0 radical (unpaired) electrons. The first-order valence-corrected chi connectivity index (χ1v) is 6.48. The van der Waals surface area contributed by atoms with Gasteiger partial charge in [-0.3, -0.25) is 0 Å². The highest BCUT2D eigenvalue weighted by Gasteiger charge is 2.11. The summed E-state index contributed by atoms with van der Waals surface area (Å²) in [5.41, 5.74) is 7.12. The highest BCUT2D eigenvalue weighted by Crippen LogP contribution is 2.19. The van der Waals surface area contributed by atoms with Gasteiger partial charge in [-0.05, 0) is 19.3 Å². The van der Waals surface area contributed by atoms with E-state index in [0.717, 1.165) is 25.8 Å². The Morgan fingerprint density at radius 2 is 2.21 bits per heavy atom. The molecular weight excluding hydrogens is 246 g/mol. The van der Waals surface area contributed by atoms with Gasteiger partial charge in [0.1, 0.15) is 5.52 Å². The molecule has 0 unspecified atom stereocenters. The highest BCUT2D eigenvalue weighted by molar-refractivity contribution is 5.81. The Bertz CT molecular complexity index is 540. The molecule has 0 spiro atoms. The van der Waals surface area contributed by atoms with Crippen molar-refractivity contribution in [2.45, 2.75) is 32.7 Å². The lowest BCUT2D eigenvalue weighted by Crippen LogP contribution is -2.05. The Morgan fingerprint density at radius 3 is 2.95 bits per heavy atom. The van der Waals surface area contributed by atoms with Gasteiger partial charge >= 0.3 is 6.01 Å². The van der Waals surface area contributed by atoms with Gasteiger partial charge in [-0.1, -0.05) is 6.92 Å². The van der Waals surface area contributed by atoms with Crippen LogP contribution < -0.4 is 10.5 Å². The summed E-state index contributed by atoms with van der Waals surface area (Å²) in [6.45, 7) is 3.50. The normalized spacial score (nSPS) is 11.1. The molecule has 7 nitrogen and oxygen atoms in total. The van der Waals surface area contributed by atoms with Crippen molar-refractivity contribution in [3.05, 3.63) is 6.33 Å². The van der Waals surface area contributed by atoms with E-state index in [1.54, 1.807) is 6.33 Å². The maximum absolute atomic E-state index is 8.80. The first-order valence-electron chi connectivity index (χ1n) is 6.48. The summed E-state index contributed by atoms with van der Waals surface area (Å²) in [5, 5.41) is 8.80. The van der Waals surface area contributed by atoms with Crippen LogP contribution in [0.5, 0.6) is 6.01 Å². The second kappa shape index (κ2) is 6.33. The van der Waals surface area contributed by atoms with Crippen LogP contribution in [0.3, 0.4) is 0 Å². The van der Waals surface area contributed by atoms with Crippen molar-refractivity contribution in [3.8, 4) is 6.01 Å². The van der Waals surface area contributed by atoms with E-state index >= 15 is 0 Å². The number of nitrogens with zero attached hydrogens (tertiary/aromatic N) is 4. The molecule has 0 aliphatic carbocycles. The number of aromatic nitrogens is 4. The second-order valence-corrected chi connectivity index (χ2v) is 4.28. The van der Waals surface area contributed by atoms with Gasteiger partial charge in [0.05, 0.1) is 12.9 Å². The van der Waals surface area contributed by atoms with E-state index in [1.165, 1.54) is 0 Å². The average molecular weight is 265 g/mol. The molecule has 0 aromatic carbocycles. The fourth-order valence-electron chi connectivity index (χ4n) is 1.76. The van der Waals surface area contributed by atoms with Gasteiger partial charge in [0, 0.05) is 13.2 Å². The minimum Gasteiger partial charge on any atom is -0.463 e. The number of imidazole rings is 1. The third-order valence-corrected chi connectivity index (χ3v) is 2.71. The smallest absolute Gasteiger partial charge is 0.320 e. The van der Waals surface area contributed by atoms with Crippen molar-refractivity contribution in [2.24, 2.45) is 0 Å². The average Bonchev–Trinajstić information content (AvgIpc) is 2.81. The van der Waals surface area contributed by atoms with Crippen molar-refractivity contribution in [1.82, 2.24) is 19.5 Å². The second-order valence-electron chi connectivity index (χ2n) is 4.28. The number of nitrogen functional groups attached to an aromatic ring is 1. The van der Waals surface area contributed by atoms with E-state index in [1.807, 2.05) is 11.5 Å². The Balaban J connectivity index is 2.25. The predicted molar refractivity (Wildman–Crippen MR) is 71.8 cm³/mol. The van der Waals surface area contributed by atoms with Crippen LogP contribution in [0.1, 0.15) is 26.2 Å². The van der Waals surface area contributed by atoms with Gasteiger partial charge in [0.15, 0.2) is 11.5 Å². The zero-order valence-corrected chi connectivity index (χ0v) is 11.0. The van der Waals surface area contributed by atoms with Gasteiger partial charge < -0.3 is 20.1 Å². The Kier molecular flexibility index (Phi) is 4.51. The van der Waals surface area contributed by atoms with Gasteiger partial charge in [-0.2, -0.15) is 9.97 Å². The molecule has 19 heavy (non-hydrogen) atoms. The third kappa shape index (κ3) is 3.11. The van der Waals surface area contributed by atoms with Crippen LogP contribution in [0.2, 0.25) is 0 Å². The largest absolute Gasteiger partial charge is 0.463 e. The predicted octanol–water partition coefficient (Wildman–Crippen LogP) is 0.970. The van der Waals surface area contributed by atoms with E-state index < -0.39 is 0 Å². The maximum atomic E-state index is 8.80. The summed E-state index contributed by atoms with van der Waals surface area (Å²) in [4.78, 5) is 12.6. The van der Waals surface area contributed by atoms with Crippen LogP contribution in [0.4, 0.5) is 5.82 Å². The standard InChI is InChI=1S/C12H19N5O2/c1-2-7-19-12-15-10(13)9-11(16-12)17(8-14-9)5-3-4-6-18/h8,18H,2-7H2,1H3,(H2,13,15,16). The van der Waals surface area contributed by atoms with Gasteiger partial charge in [0.2, 0.25) is 0 Å². The first-order chi connectivity index (χ1) is 9.26. The van der Waals surface area contributed by atoms with Crippen LogP contribution in [-0.4, -0.2) is 37.8 Å². The molecule has 3 N–H and O–H groups in total. The summed E-state index contributed by atoms with van der Waals surface area (Å²) < 4.78 is 7.32. The van der Waals surface area contributed by atoms with Crippen LogP contribution in [0.15, 0.2) is 6.33 Å². The lowest BCUT2D eigenvalue weighted by Gasteiger charge is -2.06. The van der Waals surface area contributed by atoms with Crippen LogP contribution >= 0.6 is 0 Å². The van der Waals surface area contributed by atoms with Crippen molar-refractivity contribution >= 4 is 17.0 Å². The number of nitrogens with two attached hydrogens (primary N) is 1. The number of fused-ring (bicyclic) bond motifs is 1. The molecule has 0 bridgehead atoms. The lowest BCUT2D eigenvalue weighted by atomic mass is 10.3. The Morgan fingerprint density at radius 1 is 1.37 bits per heavy atom. The SMILES string of the molecule is CCCOc1nc(N)c2ncn(CCCCO)c2n1. The molecule has 0 aliphatic heterocycles. The molecule has 0 atom stereocenters. The van der Waals surface area contributed by atoms with Crippen molar-refractivity contribution < 1.29 is 9.84 Å². The van der Waals surface area contributed by atoms with E-state index in [-0.39, 0.29) is 12.6 Å². The summed E-state index contributed by atoms with van der Waals surface area (Å²) >= 11 is 0. The summed E-state index contributed by atoms with van der Waals surface area (Å²) in [5.74, 6) is 0.331. The summed E-state index contributed by atoms with van der Waals surface area (Å²) in [6.07, 6.45) is 4.18. The fraction of sp³-hybridized carbons (Fsp3) is 0.583. The van der Waals surface area contributed by atoms with Gasteiger partial charge in [-0.15, -0.1) is 0 Å². The molecule has 7 heteroatoms. The molecule has 0 saturated carbocycles. The Hall–Kier alpha value is -1.89. The Labute approximate surface area is 111 Å².